The molecule has 2 heterocycles. The predicted octanol–water partition coefficient (Wildman–Crippen LogP) is 3.38. The van der Waals surface area contributed by atoms with Crippen molar-refractivity contribution in [3.63, 3.8) is 0 Å². The lowest BCUT2D eigenvalue weighted by atomic mass is 10.1. The van der Waals surface area contributed by atoms with Crippen LogP contribution in [0.15, 0.2) is 41.9 Å². The lowest BCUT2D eigenvalue weighted by Crippen LogP contribution is -2.44. The molecule has 0 bridgehead atoms. The summed E-state index contributed by atoms with van der Waals surface area (Å²) in [6.07, 6.45) is 3.99. The lowest BCUT2D eigenvalue weighted by molar-refractivity contribution is -0.118. The number of rotatable bonds is 9. The molecule has 3 aromatic rings. The molecule has 0 aliphatic heterocycles. The molecule has 2 aromatic heterocycles. The van der Waals surface area contributed by atoms with E-state index in [0.29, 0.717) is 39.1 Å². The van der Waals surface area contributed by atoms with Gasteiger partial charge in [0.05, 0.1) is 16.3 Å². The van der Waals surface area contributed by atoms with Crippen LogP contribution in [0.5, 0.6) is 0 Å². The minimum Gasteiger partial charge on any atom is -0.364 e. The second kappa shape index (κ2) is 10.5. The fourth-order valence-corrected chi connectivity index (χ4v) is 4.14. The molecular formula is C20H20ClN5O3S2. The van der Waals surface area contributed by atoms with E-state index in [2.05, 4.69) is 20.6 Å². The molecule has 8 nitrogen and oxygen atoms in total. The summed E-state index contributed by atoms with van der Waals surface area (Å²) >= 11 is 8.90. The second-order valence-corrected chi connectivity index (χ2v) is 8.73. The highest BCUT2D eigenvalue weighted by atomic mass is 35.5. The maximum Gasteiger partial charge on any atom is 0.265 e. The molecule has 1 atom stereocenters. The van der Waals surface area contributed by atoms with Gasteiger partial charge in [-0.15, -0.1) is 11.3 Å². The van der Waals surface area contributed by atoms with Crippen LogP contribution in [0, 0.1) is 0 Å². The molecule has 1 aromatic carbocycles. The Labute approximate surface area is 192 Å². The molecule has 0 saturated carbocycles. The number of hydrogen-bond donors (Lipinski definition) is 4. The average Bonchev–Trinajstić information content (AvgIpc) is 3.40. The maximum atomic E-state index is 12.8. The second-order valence-electron chi connectivity index (χ2n) is 6.48. The van der Waals surface area contributed by atoms with Gasteiger partial charge in [-0.25, -0.2) is 4.98 Å². The summed E-state index contributed by atoms with van der Waals surface area (Å²) in [6.45, 7) is 0. The van der Waals surface area contributed by atoms with Crippen LogP contribution in [0.4, 0.5) is 5.13 Å². The number of aromatic amines is 1. The van der Waals surface area contributed by atoms with Crippen molar-refractivity contribution in [2.75, 3.05) is 17.3 Å². The van der Waals surface area contributed by atoms with E-state index in [4.69, 9.17) is 17.3 Å². The first-order chi connectivity index (χ1) is 14.9. The number of nitrogens with zero attached hydrogens (tertiary/aromatic N) is 1. The van der Waals surface area contributed by atoms with E-state index in [9.17, 15) is 14.4 Å². The number of halogens is 1. The van der Waals surface area contributed by atoms with Gasteiger partial charge in [0, 0.05) is 17.1 Å². The molecule has 0 aliphatic rings. The van der Waals surface area contributed by atoms with E-state index >= 15 is 0 Å². The number of H-pyrrole nitrogens is 1. The minimum atomic E-state index is -0.753. The third kappa shape index (κ3) is 5.87. The van der Waals surface area contributed by atoms with E-state index in [1.165, 1.54) is 11.3 Å². The number of nitrogens with one attached hydrogen (secondary N) is 3. The van der Waals surface area contributed by atoms with Crippen molar-refractivity contribution in [2.45, 2.75) is 12.5 Å². The van der Waals surface area contributed by atoms with E-state index in [-0.39, 0.29) is 11.6 Å². The van der Waals surface area contributed by atoms with Crippen molar-refractivity contribution >= 4 is 57.6 Å². The molecule has 0 saturated heterocycles. The number of primary amides is 1. The summed E-state index contributed by atoms with van der Waals surface area (Å²) in [6, 6.07) is 7.50. The van der Waals surface area contributed by atoms with Crippen molar-refractivity contribution in [1.82, 2.24) is 15.3 Å². The summed E-state index contributed by atoms with van der Waals surface area (Å²) in [5, 5.41) is 7.95. The SMILES string of the molecule is CSCCC(NC(=O)c1ccccc1Cl)C(=O)Nc1nc(-c2c[nH]c(C(N)=O)c2)cs1. The van der Waals surface area contributed by atoms with Gasteiger partial charge in [-0.1, -0.05) is 23.7 Å². The van der Waals surface area contributed by atoms with Gasteiger partial charge in [-0.2, -0.15) is 11.8 Å². The first-order valence-electron chi connectivity index (χ1n) is 9.18. The van der Waals surface area contributed by atoms with Crippen LogP contribution >= 0.6 is 34.7 Å². The van der Waals surface area contributed by atoms with Gasteiger partial charge < -0.3 is 21.4 Å². The molecule has 0 radical (unpaired) electrons. The van der Waals surface area contributed by atoms with Gasteiger partial charge in [0.2, 0.25) is 5.91 Å². The van der Waals surface area contributed by atoms with Gasteiger partial charge in [0.1, 0.15) is 11.7 Å². The molecule has 1 unspecified atom stereocenters. The van der Waals surface area contributed by atoms with E-state index in [0.717, 1.165) is 0 Å². The molecule has 162 valence electrons. The Morgan fingerprint density at radius 3 is 2.77 bits per heavy atom. The van der Waals surface area contributed by atoms with Crippen LogP contribution in [0.1, 0.15) is 27.3 Å². The number of benzene rings is 1. The predicted molar refractivity (Wildman–Crippen MR) is 125 cm³/mol. The van der Waals surface area contributed by atoms with E-state index in [1.807, 2.05) is 6.26 Å². The molecule has 0 fully saturated rings. The summed E-state index contributed by atoms with van der Waals surface area (Å²) < 4.78 is 0. The largest absolute Gasteiger partial charge is 0.364 e. The van der Waals surface area contributed by atoms with Crippen molar-refractivity contribution in [3.8, 4) is 11.3 Å². The van der Waals surface area contributed by atoms with Crippen LogP contribution in [0.3, 0.4) is 0 Å². The first kappa shape index (κ1) is 22.9. The smallest absolute Gasteiger partial charge is 0.265 e. The van der Waals surface area contributed by atoms with Gasteiger partial charge in [0.25, 0.3) is 11.8 Å². The zero-order valence-electron chi connectivity index (χ0n) is 16.5. The molecular weight excluding hydrogens is 458 g/mol. The van der Waals surface area contributed by atoms with Crippen LogP contribution in [-0.2, 0) is 4.79 Å². The lowest BCUT2D eigenvalue weighted by Gasteiger charge is -2.17. The van der Waals surface area contributed by atoms with Crippen LogP contribution in [0.25, 0.3) is 11.3 Å². The highest BCUT2D eigenvalue weighted by Crippen LogP contribution is 2.25. The Morgan fingerprint density at radius 1 is 1.32 bits per heavy atom. The Bertz CT molecular complexity index is 1100. The summed E-state index contributed by atoms with van der Waals surface area (Å²) in [7, 11) is 0. The fourth-order valence-electron chi connectivity index (χ4n) is 2.73. The van der Waals surface area contributed by atoms with Gasteiger partial charge in [-0.05, 0) is 36.6 Å². The Hall–Kier alpha value is -2.82. The quantitative estimate of drug-likeness (QED) is 0.375. The number of amides is 3. The summed E-state index contributed by atoms with van der Waals surface area (Å²) in [5.74, 6) is -0.676. The normalized spacial score (nSPS) is 11.7. The van der Waals surface area contributed by atoms with Gasteiger partial charge in [-0.3, -0.25) is 14.4 Å². The number of anilines is 1. The fraction of sp³-hybridized carbons (Fsp3) is 0.200. The molecule has 31 heavy (non-hydrogen) atoms. The molecule has 5 N–H and O–H groups in total. The highest BCUT2D eigenvalue weighted by Gasteiger charge is 2.23. The van der Waals surface area contributed by atoms with Crippen LogP contribution in [-0.4, -0.2) is 45.7 Å². The molecule has 11 heteroatoms. The van der Waals surface area contributed by atoms with Gasteiger partial charge in [0.15, 0.2) is 5.13 Å². The van der Waals surface area contributed by atoms with Crippen LogP contribution < -0.4 is 16.4 Å². The number of nitrogens with two attached hydrogens (primary N) is 1. The maximum absolute atomic E-state index is 12.8. The summed E-state index contributed by atoms with van der Waals surface area (Å²) in [4.78, 5) is 43.8. The van der Waals surface area contributed by atoms with Crippen LogP contribution in [0.2, 0.25) is 5.02 Å². The number of thiazole rings is 1. The van der Waals surface area contributed by atoms with E-state index < -0.39 is 17.9 Å². The van der Waals surface area contributed by atoms with Gasteiger partial charge >= 0.3 is 0 Å². The number of hydrogen-bond acceptors (Lipinski definition) is 6. The number of carbonyl (C=O) groups excluding carboxylic acids is 3. The monoisotopic (exact) mass is 477 g/mol. The van der Waals surface area contributed by atoms with E-state index in [1.54, 1.807) is 53.7 Å². The third-order valence-electron chi connectivity index (χ3n) is 4.33. The average molecular weight is 478 g/mol. The van der Waals surface area contributed by atoms with Crippen molar-refractivity contribution in [1.29, 1.82) is 0 Å². The van der Waals surface area contributed by atoms with Crippen molar-refractivity contribution in [3.05, 3.63) is 58.2 Å². The molecule has 3 rings (SSSR count). The third-order valence-corrected chi connectivity index (χ3v) is 6.06. The zero-order valence-corrected chi connectivity index (χ0v) is 18.9. The summed E-state index contributed by atoms with van der Waals surface area (Å²) in [5.41, 5.74) is 7.09. The number of aromatic nitrogens is 2. The topological polar surface area (TPSA) is 130 Å². The zero-order chi connectivity index (χ0) is 22.4. The Kier molecular flexibility index (Phi) is 7.72. The van der Waals surface area contributed by atoms with Crippen molar-refractivity contribution in [2.24, 2.45) is 5.73 Å². The molecule has 0 aliphatic carbocycles. The van der Waals surface area contributed by atoms with Crippen molar-refractivity contribution < 1.29 is 14.4 Å². The molecule has 3 amide bonds. The first-order valence-corrected chi connectivity index (χ1v) is 11.8. The highest BCUT2D eigenvalue weighted by molar-refractivity contribution is 7.98. The standard InChI is InChI=1S/C20H20ClN5O3S2/c1-30-7-6-14(24-18(28)12-4-2-3-5-13(12)21)19(29)26-20-25-16(10-31-20)11-8-15(17(22)27)23-9-11/h2-5,8-10,14,23H,6-7H2,1H3,(H2,22,27)(H,24,28)(H,25,26,29). The minimum absolute atomic E-state index is 0.271. The Morgan fingerprint density at radius 2 is 2.10 bits per heavy atom. The Balaban J connectivity index is 1.70. The molecule has 0 spiro atoms. The number of thioether (sulfide) groups is 1. The number of carbonyl (C=O) groups is 3.